The molecule has 2 amide bonds. The zero-order valence-electron chi connectivity index (χ0n) is 10.3. The Labute approximate surface area is 105 Å². The van der Waals surface area contributed by atoms with Gasteiger partial charge in [0.25, 0.3) is 5.91 Å². The van der Waals surface area contributed by atoms with E-state index in [1.165, 1.54) is 0 Å². The van der Waals surface area contributed by atoms with E-state index in [0.717, 1.165) is 4.90 Å². The normalized spacial score (nSPS) is 20.1. The van der Waals surface area contributed by atoms with Crippen LogP contribution < -0.4 is 5.73 Å². The number of amides is 2. The van der Waals surface area contributed by atoms with Gasteiger partial charge in [-0.25, -0.2) is 0 Å². The maximum atomic E-state index is 12.2. The first-order valence-electron chi connectivity index (χ1n) is 5.84. The predicted octanol–water partition coefficient (Wildman–Crippen LogP) is 0.643. The van der Waals surface area contributed by atoms with Gasteiger partial charge in [-0.2, -0.15) is 0 Å². The Morgan fingerprint density at radius 1 is 1.39 bits per heavy atom. The summed E-state index contributed by atoms with van der Waals surface area (Å²) in [5.41, 5.74) is 6.28. The van der Waals surface area contributed by atoms with E-state index in [4.69, 9.17) is 5.73 Å². The summed E-state index contributed by atoms with van der Waals surface area (Å²) in [7, 11) is 0. The van der Waals surface area contributed by atoms with E-state index in [-0.39, 0.29) is 11.8 Å². The van der Waals surface area contributed by atoms with E-state index in [1.807, 2.05) is 0 Å². The molecule has 96 valence electrons. The Kier molecular flexibility index (Phi) is 3.09. The number of rotatable bonds is 3. The van der Waals surface area contributed by atoms with Gasteiger partial charge >= 0.3 is 0 Å². The number of benzene rings is 1. The fourth-order valence-electron chi connectivity index (χ4n) is 2.38. The Morgan fingerprint density at radius 3 is 2.50 bits per heavy atom. The average molecular weight is 248 g/mol. The molecule has 1 aliphatic rings. The fourth-order valence-corrected chi connectivity index (χ4v) is 2.38. The van der Waals surface area contributed by atoms with E-state index >= 15 is 0 Å². The third-order valence-corrected chi connectivity index (χ3v) is 3.19. The van der Waals surface area contributed by atoms with Crippen LogP contribution in [-0.4, -0.2) is 27.9 Å². The van der Waals surface area contributed by atoms with Crippen LogP contribution in [0.5, 0.6) is 0 Å². The van der Waals surface area contributed by atoms with Gasteiger partial charge in [-0.1, -0.05) is 32.0 Å². The monoisotopic (exact) mass is 248 g/mol. The number of carbonyl (C=O) groups excluding carboxylic acids is 2. The van der Waals surface area contributed by atoms with Crippen molar-refractivity contribution in [3.63, 3.8) is 0 Å². The number of nitrogens with two attached hydrogens (primary N) is 1. The van der Waals surface area contributed by atoms with Crippen molar-refractivity contribution in [1.82, 2.24) is 4.90 Å². The number of fused-ring (bicyclic) bond motifs is 1. The molecule has 1 aromatic carbocycles. The Hall–Kier alpha value is -1.88. The lowest BCUT2D eigenvalue weighted by molar-refractivity contribution is -0.127. The van der Waals surface area contributed by atoms with Crippen molar-refractivity contribution in [1.29, 1.82) is 0 Å². The summed E-state index contributed by atoms with van der Waals surface area (Å²) in [6.45, 7) is 3.58. The molecule has 0 bridgehead atoms. The average Bonchev–Trinajstić information content (AvgIpc) is 2.55. The van der Waals surface area contributed by atoms with E-state index in [2.05, 4.69) is 0 Å². The highest BCUT2D eigenvalue weighted by atomic mass is 16.3. The second-order valence-electron chi connectivity index (χ2n) is 4.76. The molecule has 0 saturated heterocycles. The molecule has 18 heavy (non-hydrogen) atoms. The molecule has 0 aliphatic carbocycles. The molecule has 2 rings (SSSR count). The molecule has 2 unspecified atom stereocenters. The van der Waals surface area contributed by atoms with Crippen LogP contribution in [0.15, 0.2) is 24.3 Å². The summed E-state index contributed by atoms with van der Waals surface area (Å²) in [4.78, 5) is 24.9. The molecule has 1 aromatic rings. The van der Waals surface area contributed by atoms with Crippen molar-refractivity contribution in [2.45, 2.75) is 26.1 Å². The third-order valence-electron chi connectivity index (χ3n) is 3.19. The molecule has 0 aromatic heterocycles. The Balaban J connectivity index is 2.44. The molecule has 3 N–H and O–H groups in total. The van der Waals surface area contributed by atoms with Gasteiger partial charge in [-0.05, 0) is 12.0 Å². The van der Waals surface area contributed by atoms with Crippen LogP contribution in [0.4, 0.5) is 0 Å². The summed E-state index contributed by atoms with van der Waals surface area (Å²) >= 11 is 0. The van der Waals surface area contributed by atoms with E-state index < -0.39 is 18.2 Å². The number of carbonyl (C=O) groups is 2. The summed E-state index contributed by atoms with van der Waals surface area (Å²) in [5.74, 6) is -1.11. The molecular formula is C13H16N2O3. The first-order chi connectivity index (χ1) is 8.45. The largest absolute Gasteiger partial charge is 0.369 e. The highest BCUT2D eigenvalue weighted by molar-refractivity contribution is 6.01. The lowest BCUT2D eigenvalue weighted by atomic mass is 10.0. The smallest absolute Gasteiger partial charge is 0.257 e. The molecule has 1 heterocycles. The van der Waals surface area contributed by atoms with Crippen molar-refractivity contribution in [2.24, 2.45) is 11.7 Å². The number of hydrogen-bond acceptors (Lipinski definition) is 3. The van der Waals surface area contributed by atoms with Crippen LogP contribution in [0.1, 0.15) is 36.0 Å². The van der Waals surface area contributed by atoms with E-state index in [9.17, 15) is 14.7 Å². The fraction of sp³-hybridized carbons (Fsp3) is 0.385. The minimum Gasteiger partial charge on any atom is -0.369 e. The van der Waals surface area contributed by atoms with Gasteiger partial charge < -0.3 is 10.8 Å². The van der Waals surface area contributed by atoms with Gasteiger partial charge in [0, 0.05) is 11.1 Å². The standard InChI is InChI=1S/C13H16N2O3/c1-7(2)10(11(14)16)15-12(17)8-5-3-4-6-9(8)13(15)18/h3-7,10,12,17H,1-2H3,(H2,14,16). The van der Waals surface area contributed by atoms with Crippen LogP contribution in [0.2, 0.25) is 0 Å². The van der Waals surface area contributed by atoms with Gasteiger partial charge in [0.15, 0.2) is 6.23 Å². The molecule has 5 heteroatoms. The van der Waals surface area contributed by atoms with Crippen LogP contribution in [0, 0.1) is 5.92 Å². The van der Waals surface area contributed by atoms with Crippen LogP contribution >= 0.6 is 0 Å². The molecule has 0 radical (unpaired) electrons. The Morgan fingerprint density at radius 2 is 2.00 bits per heavy atom. The molecule has 2 atom stereocenters. The first kappa shape index (κ1) is 12.6. The maximum Gasteiger partial charge on any atom is 0.257 e. The minimum atomic E-state index is -1.10. The topological polar surface area (TPSA) is 83.6 Å². The highest BCUT2D eigenvalue weighted by Crippen LogP contribution is 2.34. The molecule has 0 spiro atoms. The number of aliphatic hydroxyl groups excluding tert-OH is 1. The van der Waals surface area contributed by atoms with Crippen molar-refractivity contribution in [3.8, 4) is 0 Å². The summed E-state index contributed by atoms with van der Waals surface area (Å²) < 4.78 is 0. The SMILES string of the molecule is CC(C)C(C(N)=O)N1C(=O)c2ccccc2C1O. The van der Waals surface area contributed by atoms with Crippen LogP contribution in [-0.2, 0) is 4.79 Å². The maximum absolute atomic E-state index is 12.2. The van der Waals surface area contributed by atoms with Crippen LogP contribution in [0.3, 0.4) is 0 Å². The van der Waals surface area contributed by atoms with Crippen molar-refractivity contribution in [3.05, 3.63) is 35.4 Å². The zero-order chi connectivity index (χ0) is 13.4. The van der Waals surface area contributed by atoms with Gasteiger partial charge in [-0.3, -0.25) is 14.5 Å². The lowest BCUT2D eigenvalue weighted by Gasteiger charge is -2.31. The lowest BCUT2D eigenvalue weighted by Crippen LogP contribution is -2.49. The van der Waals surface area contributed by atoms with Gasteiger partial charge in [-0.15, -0.1) is 0 Å². The molecule has 5 nitrogen and oxygen atoms in total. The van der Waals surface area contributed by atoms with Gasteiger partial charge in [0.1, 0.15) is 6.04 Å². The third kappa shape index (κ3) is 1.76. The van der Waals surface area contributed by atoms with E-state index in [0.29, 0.717) is 11.1 Å². The minimum absolute atomic E-state index is 0.157. The van der Waals surface area contributed by atoms with E-state index in [1.54, 1.807) is 38.1 Å². The summed E-state index contributed by atoms with van der Waals surface area (Å²) in [6.07, 6.45) is -1.10. The molecule has 0 saturated carbocycles. The molecule has 0 fully saturated rings. The zero-order valence-corrected chi connectivity index (χ0v) is 10.3. The first-order valence-corrected chi connectivity index (χ1v) is 5.84. The van der Waals surface area contributed by atoms with Crippen LogP contribution in [0.25, 0.3) is 0 Å². The van der Waals surface area contributed by atoms with Crippen molar-refractivity contribution >= 4 is 11.8 Å². The van der Waals surface area contributed by atoms with Crippen molar-refractivity contribution < 1.29 is 14.7 Å². The number of nitrogens with zero attached hydrogens (tertiary/aromatic N) is 1. The number of aliphatic hydroxyl groups is 1. The Bertz CT molecular complexity index is 499. The number of primary amides is 1. The highest BCUT2D eigenvalue weighted by Gasteiger charge is 2.42. The predicted molar refractivity (Wildman–Crippen MR) is 65.4 cm³/mol. The van der Waals surface area contributed by atoms with Gasteiger partial charge in [0.2, 0.25) is 5.91 Å². The summed E-state index contributed by atoms with van der Waals surface area (Å²) in [6, 6.07) is 5.98. The second-order valence-corrected chi connectivity index (χ2v) is 4.76. The quantitative estimate of drug-likeness (QED) is 0.823. The van der Waals surface area contributed by atoms with Crippen molar-refractivity contribution in [2.75, 3.05) is 0 Å². The molecular weight excluding hydrogens is 232 g/mol. The summed E-state index contributed by atoms with van der Waals surface area (Å²) in [5, 5.41) is 10.2. The van der Waals surface area contributed by atoms with Gasteiger partial charge in [0.05, 0.1) is 0 Å². The molecule has 1 aliphatic heterocycles. The second kappa shape index (κ2) is 4.42. The number of hydrogen-bond donors (Lipinski definition) is 2.